The van der Waals surface area contributed by atoms with E-state index in [4.69, 9.17) is 21.1 Å². The van der Waals surface area contributed by atoms with Crippen LogP contribution in [0.5, 0.6) is 5.75 Å². The Morgan fingerprint density at radius 2 is 2.22 bits per heavy atom. The van der Waals surface area contributed by atoms with Gasteiger partial charge in [-0.3, -0.25) is 0 Å². The van der Waals surface area contributed by atoms with Gasteiger partial charge in [-0.05, 0) is 44.4 Å². The van der Waals surface area contributed by atoms with Gasteiger partial charge in [-0.1, -0.05) is 15.9 Å². The molecule has 2 nitrogen and oxygen atoms in total. The summed E-state index contributed by atoms with van der Waals surface area (Å²) in [5.41, 5.74) is 2.13. The average molecular weight is 334 g/mol. The van der Waals surface area contributed by atoms with Gasteiger partial charge in [0.1, 0.15) is 12.4 Å². The molecule has 1 aliphatic rings. The highest BCUT2D eigenvalue weighted by atomic mass is 79.9. The quantitative estimate of drug-likeness (QED) is 0.758. The molecule has 2 atom stereocenters. The highest BCUT2D eigenvalue weighted by Crippen LogP contribution is 2.30. The van der Waals surface area contributed by atoms with Crippen molar-refractivity contribution in [2.24, 2.45) is 0 Å². The Morgan fingerprint density at radius 1 is 1.44 bits per heavy atom. The van der Waals surface area contributed by atoms with Gasteiger partial charge >= 0.3 is 0 Å². The average Bonchev–Trinajstić information content (AvgIpc) is 2.73. The van der Waals surface area contributed by atoms with Crippen LogP contribution in [-0.4, -0.2) is 18.8 Å². The van der Waals surface area contributed by atoms with Gasteiger partial charge in [0, 0.05) is 10.0 Å². The molecule has 0 N–H and O–H groups in total. The molecule has 100 valence electrons. The van der Waals surface area contributed by atoms with E-state index in [1.807, 2.05) is 19.1 Å². The zero-order valence-corrected chi connectivity index (χ0v) is 13.1. The fraction of sp³-hybridized carbons (Fsp3) is 0.571. The summed E-state index contributed by atoms with van der Waals surface area (Å²) in [6.45, 7) is 4.75. The highest BCUT2D eigenvalue weighted by Gasteiger charge is 2.22. The molecule has 1 aromatic rings. The lowest BCUT2D eigenvalue weighted by Gasteiger charge is -2.17. The van der Waals surface area contributed by atoms with Gasteiger partial charge < -0.3 is 9.47 Å². The summed E-state index contributed by atoms with van der Waals surface area (Å²) in [4.78, 5) is 0. The molecule has 0 spiro atoms. The van der Waals surface area contributed by atoms with E-state index < -0.39 is 0 Å². The first-order valence-electron chi connectivity index (χ1n) is 6.23. The second-order valence-electron chi connectivity index (χ2n) is 4.80. The minimum absolute atomic E-state index is 0.214. The van der Waals surface area contributed by atoms with Crippen molar-refractivity contribution in [3.05, 3.63) is 27.7 Å². The first-order chi connectivity index (χ1) is 8.60. The Kier molecular flexibility index (Phi) is 4.93. The number of hydrogen-bond donors (Lipinski definition) is 0. The topological polar surface area (TPSA) is 18.5 Å². The summed E-state index contributed by atoms with van der Waals surface area (Å²) in [7, 11) is 0. The van der Waals surface area contributed by atoms with Crippen LogP contribution in [0.15, 0.2) is 16.6 Å². The molecular formula is C14H18BrClO2. The molecule has 1 aromatic carbocycles. The predicted molar refractivity (Wildman–Crippen MR) is 77.5 cm³/mol. The van der Waals surface area contributed by atoms with E-state index >= 15 is 0 Å². The van der Waals surface area contributed by atoms with E-state index in [1.165, 1.54) is 0 Å². The van der Waals surface area contributed by atoms with Gasteiger partial charge in [0.15, 0.2) is 0 Å². The lowest BCUT2D eigenvalue weighted by molar-refractivity contribution is 0.0261. The van der Waals surface area contributed by atoms with Crippen LogP contribution in [-0.2, 0) is 10.6 Å². The zero-order valence-electron chi connectivity index (χ0n) is 10.7. The van der Waals surface area contributed by atoms with E-state index in [1.54, 1.807) is 0 Å². The molecule has 0 bridgehead atoms. The molecule has 0 amide bonds. The van der Waals surface area contributed by atoms with Crippen molar-refractivity contribution in [1.29, 1.82) is 0 Å². The summed E-state index contributed by atoms with van der Waals surface area (Å²) in [5.74, 6) is 1.36. The van der Waals surface area contributed by atoms with Crippen molar-refractivity contribution in [1.82, 2.24) is 0 Å². The lowest BCUT2D eigenvalue weighted by Crippen LogP contribution is -2.18. The van der Waals surface area contributed by atoms with Gasteiger partial charge in [0.05, 0.1) is 18.1 Å². The van der Waals surface area contributed by atoms with Crippen LogP contribution in [0.2, 0.25) is 0 Å². The van der Waals surface area contributed by atoms with Crippen LogP contribution >= 0.6 is 27.5 Å². The highest BCUT2D eigenvalue weighted by molar-refractivity contribution is 9.10. The molecule has 2 rings (SSSR count). The van der Waals surface area contributed by atoms with Crippen molar-refractivity contribution in [2.75, 3.05) is 6.61 Å². The smallest absolute Gasteiger partial charge is 0.126 e. The number of rotatable bonds is 4. The fourth-order valence-electron chi connectivity index (χ4n) is 2.29. The van der Waals surface area contributed by atoms with E-state index in [2.05, 4.69) is 22.9 Å². The van der Waals surface area contributed by atoms with Crippen molar-refractivity contribution in [3.63, 3.8) is 0 Å². The molecule has 2 unspecified atom stereocenters. The first-order valence-corrected chi connectivity index (χ1v) is 7.56. The molecular weight excluding hydrogens is 316 g/mol. The van der Waals surface area contributed by atoms with Gasteiger partial charge in [0.25, 0.3) is 0 Å². The first kappa shape index (κ1) is 14.2. The monoisotopic (exact) mass is 332 g/mol. The number of aryl methyl sites for hydroxylation is 1. The van der Waals surface area contributed by atoms with Crippen molar-refractivity contribution >= 4 is 27.5 Å². The number of halogens is 2. The Hall–Kier alpha value is -0.250. The van der Waals surface area contributed by atoms with Crippen LogP contribution in [0.3, 0.4) is 0 Å². The molecule has 1 saturated heterocycles. The van der Waals surface area contributed by atoms with Crippen LogP contribution in [0.25, 0.3) is 0 Å². The molecule has 1 aliphatic heterocycles. The molecule has 1 fully saturated rings. The van der Waals surface area contributed by atoms with Crippen molar-refractivity contribution in [3.8, 4) is 5.75 Å². The standard InChI is InChI=1S/C14H18BrClO2/c1-9-5-12(15)6-11(7-16)14(9)17-8-13-4-3-10(2)18-13/h5-6,10,13H,3-4,7-8H2,1-2H3. The van der Waals surface area contributed by atoms with E-state index in [0.717, 1.165) is 34.2 Å². The SMILES string of the molecule is Cc1cc(Br)cc(CCl)c1OCC1CCC(C)O1. The van der Waals surface area contributed by atoms with Crippen LogP contribution in [0.4, 0.5) is 0 Å². The second kappa shape index (κ2) is 6.27. The number of benzene rings is 1. The molecule has 0 radical (unpaired) electrons. The number of hydrogen-bond acceptors (Lipinski definition) is 2. The Bertz CT molecular complexity index is 423. The summed E-state index contributed by atoms with van der Waals surface area (Å²) in [6.07, 6.45) is 2.77. The maximum Gasteiger partial charge on any atom is 0.126 e. The second-order valence-corrected chi connectivity index (χ2v) is 5.98. The zero-order chi connectivity index (χ0) is 13.1. The maximum absolute atomic E-state index is 5.96. The third-order valence-electron chi connectivity index (χ3n) is 3.19. The van der Waals surface area contributed by atoms with Gasteiger partial charge in [-0.15, -0.1) is 11.6 Å². The predicted octanol–water partition coefficient (Wildman–Crippen LogP) is 4.44. The van der Waals surface area contributed by atoms with Crippen molar-refractivity contribution < 1.29 is 9.47 Å². The number of alkyl halides is 1. The molecule has 18 heavy (non-hydrogen) atoms. The van der Waals surface area contributed by atoms with Crippen LogP contribution in [0, 0.1) is 6.92 Å². The van der Waals surface area contributed by atoms with Gasteiger partial charge in [0.2, 0.25) is 0 Å². The van der Waals surface area contributed by atoms with Gasteiger partial charge in [-0.2, -0.15) is 0 Å². The Morgan fingerprint density at radius 3 is 2.83 bits per heavy atom. The Balaban J connectivity index is 2.04. The molecule has 1 heterocycles. The third kappa shape index (κ3) is 3.40. The normalized spacial score (nSPS) is 23.3. The third-order valence-corrected chi connectivity index (χ3v) is 3.94. The molecule has 0 aromatic heterocycles. The van der Waals surface area contributed by atoms with E-state index in [-0.39, 0.29) is 6.10 Å². The Labute approximate surface area is 122 Å². The minimum atomic E-state index is 0.214. The van der Waals surface area contributed by atoms with E-state index in [9.17, 15) is 0 Å². The molecule has 0 aliphatic carbocycles. The van der Waals surface area contributed by atoms with Crippen molar-refractivity contribution in [2.45, 2.75) is 44.8 Å². The molecule has 4 heteroatoms. The van der Waals surface area contributed by atoms with E-state index in [0.29, 0.717) is 18.6 Å². The van der Waals surface area contributed by atoms with Gasteiger partial charge in [-0.25, -0.2) is 0 Å². The lowest BCUT2D eigenvalue weighted by atomic mass is 10.1. The largest absolute Gasteiger partial charge is 0.490 e. The summed E-state index contributed by atoms with van der Waals surface area (Å²) >= 11 is 9.44. The van der Waals surface area contributed by atoms with Crippen LogP contribution < -0.4 is 4.74 Å². The minimum Gasteiger partial charge on any atom is -0.490 e. The maximum atomic E-state index is 5.96. The molecule has 0 saturated carbocycles. The summed E-state index contributed by atoms with van der Waals surface area (Å²) < 4.78 is 12.7. The number of ether oxygens (including phenoxy) is 2. The summed E-state index contributed by atoms with van der Waals surface area (Å²) in [6, 6.07) is 4.05. The van der Waals surface area contributed by atoms with Crippen LogP contribution in [0.1, 0.15) is 30.9 Å². The fourth-order valence-corrected chi connectivity index (χ4v) is 3.11. The summed E-state index contributed by atoms with van der Waals surface area (Å²) in [5, 5.41) is 0.